The number of alkyl halides is 4. The summed E-state index contributed by atoms with van der Waals surface area (Å²) >= 11 is 0. The minimum Gasteiger partial charge on any atom is -0.364 e. The summed E-state index contributed by atoms with van der Waals surface area (Å²) < 4.78 is 53.1. The Bertz CT molecular complexity index is 769. The second-order valence-electron chi connectivity index (χ2n) is 5.14. The van der Waals surface area contributed by atoms with Crippen LogP contribution in [0.4, 0.5) is 17.6 Å². The number of halogens is 4. The Hall–Kier alpha value is -2.42. The Morgan fingerprint density at radius 1 is 1.35 bits per heavy atom. The SMILES string of the molecule is NC(=O)c1cc(C(F)(F)F)nn1-c1ccc2c(c1)C(F)NCC2. The van der Waals surface area contributed by atoms with Crippen LogP contribution < -0.4 is 11.1 Å². The van der Waals surface area contributed by atoms with E-state index in [0.29, 0.717) is 24.6 Å². The lowest BCUT2D eigenvalue weighted by molar-refractivity contribution is -0.141. The van der Waals surface area contributed by atoms with Gasteiger partial charge in [0, 0.05) is 18.2 Å². The number of rotatable bonds is 2. The van der Waals surface area contributed by atoms with Crippen LogP contribution in [-0.4, -0.2) is 22.2 Å². The number of aromatic nitrogens is 2. The zero-order valence-electron chi connectivity index (χ0n) is 11.7. The number of benzene rings is 1. The van der Waals surface area contributed by atoms with E-state index in [1.54, 1.807) is 6.07 Å². The third-order valence-electron chi connectivity index (χ3n) is 3.62. The van der Waals surface area contributed by atoms with E-state index in [9.17, 15) is 22.4 Å². The number of nitrogens with two attached hydrogens (primary N) is 1. The number of fused-ring (bicyclic) bond motifs is 1. The molecule has 2 aromatic rings. The number of carbonyl (C=O) groups is 1. The molecule has 0 radical (unpaired) electrons. The van der Waals surface area contributed by atoms with E-state index in [-0.39, 0.29) is 5.69 Å². The first-order valence-corrected chi connectivity index (χ1v) is 6.75. The number of hydrogen-bond acceptors (Lipinski definition) is 3. The average molecular weight is 328 g/mol. The molecule has 23 heavy (non-hydrogen) atoms. The van der Waals surface area contributed by atoms with Gasteiger partial charge in [-0.2, -0.15) is 18.3 Å². The molecule has 1 atom stereocenters. The molecule has 1 aromatic carbocycles. The van der Waals surface area contributed by atoms with Crippen LogP contribution in [0.15, 0.2) is 24.3 Å². The molecule has 2 heterocycles. The van der Waals surface area contributed by atoms with Crippen molar-refractivity contribution in [3.05, 3.63) is 46.8 Å². The van der Waals surface area contributed by atoms with Gasteiger partial charge in [-0.3, -0.25) is 10.1 Å². The van der Waals surface area contributed by atoms with Crippen molar-refractivity contribution >= 4 is 5.91 Å². The Morgan fingerprint density at radius 3 is 2.74 bits per heavy atom. The number of amides is 1. The van der Waals surface area contributed by atoms with Crippen LogP contribution in [0.2, 0.25) is 0 Å². The topological polar surface area (TPSA) is 72.9 Å². The van der Waals surface area contributed by atoms with Gasteiger partial charge in [-0.05, 0) is 24.1 Å². The predicted molar refractivity (Wildman–Crippen MR) is 72.6 cm³/mol. The first-order valence-electron chi connectivity index (χ1n) is 6.75. The van der Waals surface area contributed by atoms with Crippen LogP contribution in [0.5, 0.6) is 0 Å². The van der Waals surface area contributed by atoms with Gasteiger partial charge in [0.1, 0.15) is 5.69 Å². The molecule has 1 amide bonds. The van der Waals surface area contributed by atoms with E-state index in [4.69, 9.17) is 5.73 Å². The zero-order chi connectivity index (χ0) is 16.8. The Kier molecular flexibility index (Phi) is 3.59. The van der Waals surface area contributed by atoms with Crippen molar-refractivity contribution in [2.45, 2.75) is 18.9 Å². The summed E-state index contributed by atoms with van der Waals surface area (Å²) in [5, 5.41) is 6.01. The van der Waals surface area contributed by atoms with Crippen molar-refractivity contribution in [3.8, 4) is 5.69 Å². The molecule has 1 aromatic heterocycles. The van der Waals surface area contributed by atoms with Gasteiger partial charge in [0.25, 0.3) is 5.91 Å². The maximum absolute atomic E-state index is 13.9. The molecule has 5 nitrogen and oxygen atoms in total. The number of nitrogens with one attached hydrogen (secondary N) is 1. The molecule has 0 bridgehead atoms. The Labute approximate surface area is 128 Å². The fourth-order valence-corrected chi connectivity index (χ4v) is 2.51. The van der Waals surface area contributed by atoms with E-state index < -0.39 is 29.8 Å². The molecule has 0 fully saturated rings. The van der Waals surface area contributed by atoms with Gasteiger partial charge in [-0.25, -0.2) is 9.07 Å². The molecule has 3 N–H and O–H groups in total. The summed E-state index contributed by atoms with van der Waals surface area (Å²) in [5.74, 6) is -1.05. The van der Waals surface area contributed by atoms with Crippen molar-refractivity contribution in [2.75, 3.05) is 6.54 Å². The first kappa shape index (κ1) is 15.5. The van der Waals surface area contributed by atoms with Gasteiger partial charge < -0.3 is 5.73 Å². The molecule has 1 unspecified atom stereocenters. The maximum Gasteiger partial charge on any atom is 0.435 e. The fraction of sp³-hybridized carbons (Fsp3) is 0.286. The third-order valence-corrected chi connectivity index (χ3v) is 3.62. The summed E-state index contributed by atoms with van der Waals surface area (Å²) in [6, 6.07) is 5.03. The van der Waals surface area contributed by atoms with Crippen molar-refractivity contribution in [3.63, 3.8) is 0 Å². The summed E-state index contributed by atoms with van der Waals surface area (Å²) in [6.07, 6.45) is -5.53. The maximum atomic E-state index is 13.9. The molecule has 0 spiro atoms. The second kappa shape index (κ2) is 5.34. The van der Waals surface area contributed by atoms with Gasteiger partial charge in [0.15, 0.2) is 12.0 Å². The minimum absolute atomic E-state index is 0.138. The zero-order valence-corrected chi connectivity index (χ0v) is 11.7. The second-order valence-corrected chi connectivity index (χ2v) is 5.14. The molecule has 0 aliphatic carbocycles. The van der Waals surface area contributed by atoms with Gasteiger partial charge in [-0.15, -0.1) is 0 Å². The predicted octanol–water partition coefficient (Wildman–Crippen LogP) is 2.10. The lowest BCUT2D eigenvalue weighted by atomic mass is 9.99. The van der Waals surface area contributed by atoms with Crippen molar-refractivity contribution < 1.29 is 22.4 Å². The molecule has 0 saturated carbocycles. The quantitative estimate of drug-likeness (QED) is 0.655. The van der Waals surface area contributed by atoms with E-state index in [2.05, 4.69) is 10.4 Å². The summed E-state index contributed by atoms with van der Waals surface area (Å²) in [5.41, 5.74) is 4.67. The van der Waals surface area contributed by atoms with Gasteiger partial charge >= 0.3 is 6.18 Å². The normalized spacial score (nSPS) is 17.8. The van der Waals surface area contributed by atoms with Gasteiger partial charge in [0.05, 0.1) is 5.69 Å². The van der Waals surface area contributed by atoms with Crippen molar-refractivity contribution in [1.29, 1.82) is 0 Å². The first-order chi connectivity index (χ1) is 10.8. The third kappa shape index (κ3) is 2.79. The highest BCUT2D eigenvalue weighted by atomic mass is 19.4. The molecule has 3 rings (SSSR count). The highest BCUT2D eigenvalue weighted by molar-refractivity contribution is 5.91. The summed E-state index contributed by atoms with van der Waals surface area (Å²) in [4.78, 5) is 11.4. The molecule has 1 aliphatic rings. The number of nitrogens with zero attached hydrogens (tertiary/aromatic N) is 2. The Morgan fingerprint density at radius 2 is 2.09 bits per heavy atom. The van der Waals surface area contributed by atoms with Crippen LogP contribution in [0, 0.1) is 0 Å². The van der Waals surface area contributed by atoms with E-state index in [1.165, 1.54) is 12.1 Å². The molecular formula is C14H12F4N4O. The van der Waals surface area contributed by atoms with Crippen molar-refractivity contribution in [1.82, 2.24) is 15.1 Å². The van der Waals surface area contributed by atoms with Crippen LogP contribution >= 0.6 is 0 Å². The summed E-state index contributed by atoms with van der Waals surface area (Å²) in [6.45, 7) is 0.472. The van der Waals surface area contributed by atoms with Crippen molar-refractivity contribution in [2.24, 2.45) is 5.73 Å². The van der Waals surface area contributed by atoms with Crippen LogP contribution in [0.1, 0.15) is 33.6 Å². The largest absolute Gasteiger partial charge is 0.435 e. The summed E-state index contributed by atoms with van der Waals surface area (Å²) in [7, 11) is 0. The lowest BCUT2D eigenvalue weighted by Crippen LogP contribution is -2.27. The minimum atomic E-state index is -4.71. The average Bonchev–Trinajstić information content (AvgIpc) is 2.93. The van der Waals surface area contributed by atoms with E-state index in [1.807, 2.05) is 0 Å². The molecular weight excluding hydrogens is 316 g/mol. The van der Waals surface area contributed by atoms with E-state index in [0.717, 1.165) is 10.2 Å². The molecule has 0 saturated heterocycles. The Balaban J connectivity index is 2.13. The fourth-order valence-electron chi connectivity index (χ4n) is 2.51. The van der Waals surface area contributed by atoms with Gasteiger partial charge in [0.2, 0.25) is 0 Å². The molecule has 9 heteroatoms. The highest BCUT2D eigenvalue weighted by Gasteiger charge is 2.36. The number of hydrogen-bond donors (Lipinski definition) is 2. The molecule has 122 valence electrons. The number of carbonyl (C=O) groups excluding carboxylic acids is 1. The van der Waals surface area contributed by atoms with Crippen LogP contribution in [-0.2, 0) is 12.6 Å². The lowest BCUT2D eigenvalue weighted by Gasteiger charge is -2.21. The monoisotopic (exact) mass is 328 g/mol. The van der Waals surface area contributed by atoms with Gasteiger partial charge in [-0.1, -0.05) is 6.07 Å². The molecule has 1 aliphatic heterocycles. The number of primary amides is 1. The highest BCUT2D eigenvalue weighted by Crippen LogP contribution is 2.31. The van der Waals surface area contributed by atoms with Crippen LogP contribution in [0.25, 0.3) is 5.69 Å². The van der Waals surface area contributed by atoms with Crippen LogP contribution in [0.3, 0.4) is 0 Å². The van der Waals surface area contributed by atoms with E-state index >= 15 is 0 Å². The smallest absolute Gasteiger partial charge is 0.364 e. The standard InChI is InChI=1S/C14H12F4N4O/c15-12-9-5-8(2-1-7(9)3-4-20-12)22-10(13(19)23)6-11(21-22)14(16,17)18/h1-2,5-6,12,20H,3-4H2,(H2,19,23).